The van der Waals surface area contributed by atoms with Crippen molar-refractivity contribution in [2.75, 3.05) is 7.11 Å². The molecule has 0 saturated carbocycles. The molecular weight excluding hydrogens is 316 g/mol. The largest absolute Gasteiger partial charge is 0.469 e. The second-order valence-corrected chi connectivity index (χ2v) is 6.04. The number of hydrogen-bond acceptors (Lipinski definition) is 4. The van der Waals surface area contributed by atoms with Crippen LogP contribution in [0.3, 0.4) is 0 Å². The summed E-state index contributed by atoms with van der Waals surface area (Å²) in [5.74, 6) is -0.964. The highest BCUT2D eigenvalue weighted by atomic mass is 16.5. The van der Waals surface area contributed by atoms with E-state index >= 15 is 0 Å². The zero-order chi connectivity index (χ0) is 18.2. The Balaban J connectivity index is 2.01. The lowest BCUT2D eigenvalue weighted by atomic mass is 10.0. The molecule has 0 fully saturated rings. The lowest BCUT2D eigenvalue weighted by Gasteiger charge is -2.19. The van der Waals surface area contributed by atoms with Gasteiger partial charge in [0.1, 0.15) is 6.10 Å². The van der Waals surface area contributed by atoms with Crippen LogP contribution >= 0.6 is 0 Å². The molecule has 0 radical (unpaired) electrons. The fraction of sp³-hybridized carbons (Fsp3) is 0.333. The van der Waals surface area contributed by atoms with E-state index in [-0.39, 0.29) is 24.0 Å². The summed E-state index contributed by atoms with van der Waals surface area (Å²) >= 11 is 0. The Labute approximate surface area is 148 Å². The summed E-state index contributed by atoms with van der Waals surface area (Å²) in [6, 6.07) is 17.3. The van der Waals surface area contributed by atoms with E-state index < -0.39 is 0 Å². The van der Waals surface area contributed by atoms with Crippen LogP contribution in [-0.4, -0.2) is 25.2 Å². The highest BCUT2D eigenvalue weighted by Crippen LogP contribution is 2.21. The number of rotatable bonds is 7. The van der Waals surface area contributed by atoms with Gasteiger partial charge in [0.05, 0.1) is 18.6 Å². The van der Waals surface area contributed by atoms with Crippen LogP contribution in [-0.2, 0) is 14.3 Å². The van der Waals surface area contributed by atoms with Crippen molar-refractivity contribution in [3.05, 3.63) is 60.2 Å². The molecule has 4 heteroatoms. The summed E-state index contributed by atoms with van der Waals surface area (Å²) < 4.78 is 10.3. The van der Waals surface area contributed by atoms with Gasteiger partial charge in [-0.3, -0.25) is 4.79 Å². The minimum absolute atomic E-state index is 0.290. The third kappa shape index (κ3) is 5.18. The van der Waals surface area contributed by atoms with Crippen molar-refractivity contribution in [2.45, 2.75) is 32.8 Å². The highest BCUT2D eigenvalue weighted by Gasteiger charge is 2.22. The van der Waals surface area contributed by atoms with Crippen LogP contribution in [0.25, 0.3) is 11.1 Å². The minimum atomic E-state index is -0.372. The topological polar surface area (TPSA) is 52.6 Å². The van der Waals surface area contributed by atoms with E-state index in [0.29, 0.717) is 18.4 Å². The van der Waals surface area contributed by atoms with Crippen LogP contribution in [0.15, 0.2) is 54.6 Å². The smallest absolute Gasteiger partial charge is 0.338 e. The van der Waals surface area contributed by atoms with E-state index in [4.69, 9.17) is 9.47 Å². The quantitative estimate of drug-likeness (QED) is 0.697. The van der Waals surface area contributed by atoms with Crippen LogP contribution in [0.5, 0.6) is 0 Å². The molecule has 25 heavy (non-hydrogen) atoms. The molecule has 2 rings (SSSR count). The van der Waals surface area contributed by atoms with Gasteiger partial charge in [0.15, 0.2) is 0 Å². The van der Waals surface area contributed by atoms with Crippen molar-refractivity contribution < 1.29 is 19.1 Å². The Morgan fingerprint density at radius 2 is 1.56 bits per heavy atom. The van der Waals surface area contributed by atoms with Crippen molar-refractivity contribution >= 4 is 11.9 Å². The third-order valence-corrected chi connectivity index (χ3v) is 4.18. The van der Waals surface area contributed by atoms with Crippen LogP contribution in [0, 0.1) is 5.92 Å². The maximum absolute atomic E-state index is 12.3. The molecule has 2 aromatic carbocycles. The van der Waals surface area contributed by atoms with Gasteiger partial charge in [0.25, 0.3) is 0 Å². The first-order valence-electron chi connectivity index (χ1n) is 8.49. The first-order chi connectivity index (χ1) is 12.0. The molecule has 4 nitrogen and oxygen atoms in total. The number of carbonyl (C=O) groups is 2. The van der Waals surface area contributed by atoms with Crippen LogP contribution in [0.1, 0.15) is 37.0 Å². The van der Waals surface area contributed by atoms with Gasteiger partial charge in [-0.1, -0.05) is 56.3 Å². The summed E-state index contributed by atoms with van der Waals surface area (Å²) in [5, 5.41) is 0. The lowest BCUT2D eigenvalue weighted by Crippen LogP contribution is -2.24. The average Bonchev–Trinajstić information content (AvgIpc) is 2.67. The molecule has 2 aromatic rings. The van der Waals surface area contributed by atoms with E-state index in [1.807, 2.05) is 49.4 Å². The monoisotopic (exact) mass is 340 g/mol. The molecule has 132 valence electrons. The van der Waals surface area contributed by atoms with Gasteiger partial charge in [0.2, 0.25) is 0 Å². The first-order valence-corrected chi connectivity index (χ1v) is 8.49. The predicted molar refractivity (Wildman–Crippen MR) is 97.2 cm³/mol. The van der Waals surface area contributed by atoms with Crippen molar-refractivity contribution in [3.8, 4) is 11.1 Å². The molecular formula is C21H24O4. The van der Waals surface area contributed by atoms with Gasteiger partial charge >= 0.3 is 11.9 Å². The Kier molecular flexibility index (Phi) is 6.75. The lowest BCUT2D eigenvalue weighted by molar-refractivity contribution is -0.145. The molecule has 0 heterocycles. The number of hydrogen-bond donors (Lipinski definition) is 0. The number of methoxy groups -OCH3 is 1. The van der Waals surface area contributed by atoms with Crippen molar-refractivity contribution in [1.82, 2.24) is 0 Å². The van der Waals surface area contributed by atoms with Gasteiger partial charge in [-0.2, -0.15) is 0 Å². The Morgan fingerprint density at radius 1 is 0.960 bits per heavy atom. The third-order valence-electron chi connectivity index (χ3n) is 4.18. The van der Waals surface area contributed by atoms with E-state index in [2.05, 4.69) is 0 Å². The Hall–Kier alpha value is -2.62. The summed E-state index contributed by atoms with van der Waals surface area (Å²) in [4.78, 5) is 23.9. The molecule has 0 aliphatic carbocycles. The number of carbonyl (C=O) groups excluding carboxylic acids is 2. The molecule has 0 bridgehead atoms. The fourth-order valence-electron chi connectivity index (χ4n) is 2.64. The zero-order valence-corrected chi connectivity index (χ0v) is 14.9. The molecule has 0 N–H and O–H groups in total. The van der Waals surface area contributed by atoms with Gasteiger partial charge < -0.3 is 9.47 Å². The van der Waals surface area contributed by atoms with Gasteiger partial charge in [-0.05, 0) is 36.1 Å². The average molecular weight is 340 g/mol. The molecule has 2 atom stereocenters. The maximum Gasteiger partial charge on any atom is 0.338 e. The standard InChI is InChI=1S/C21H24O4/c1-4-19(14-15(2)20(22)24-3)25-21(23)18-12-10-17(11-13-18)16-8-6-5-7-9-16/h5-13,15,19H,4,14H2,1-3H3. The molecule has 0 saturated heterocycles. The SMILES string of the molecule is CCC(CC(C)C(=O)OC)OC(=O)c1ccc(-c2ccccc2)cc1. The predicted octanol–water partition coefficient (Wildman–Crippen LogP) is 4.49. The zero-order valence-electron chi connectivity index (χ0n) is 14.9. The van der Waals surface area contributed by atoms with E-state index in [0.717, 1.165) is 11.1 Å². The van der Waals surface area contributed by atoms with Crippen molar-refractivity contribution in [1.29, 1.82) is 0 Å². The first kappa shape index (κ1) is 18.7. The highest BCUT2D eigenvalue weighted by molar-refractivity contribution is 5.90. The van der Waals surface area contributed by atoms with Crippen molar-refractivity contribution in [3.63, 3.8) is 0 Å². The van der Waals surface area contributed by atoms with Crippen LogP contribution in [0.2, 0.25) is 0 Å². The van der Waals surface area contributed by atoms with Gasteiger partial charge in [-0.25, -0.2) is 4.79 Å². The van der Waals surface area contributed by atoms with Crippen LogP contribution < -0.4 is 0 Å². The molecule has 0 aliphatic rings. The summed E-state index contributed by atoms with van der Waals surface area (Å²) in [6.07, 6.45) is 0.794. The second kappa shape index (κ2) is 9.02. The van der Waals surface area contributed by atoms with Crippen LogP contribution in [0.4, 0.5) is 0 Å². The maximum atomic E-state index is 12.3. The minimum Gasteiger partial charge on any atom is -0.469 e. The van der Waals surface area contributed by atoms with Crippen molar-refractivity contribution in [2.24, 2.45) is 5.92 Å². The van der Waals surface area contributed by atoms with Gasteiger partial charge in [-0.15, -0.1) is 0 Å². The number of benzene rings is 2. The molecule has 0 amide bonds. The number of esters is 2. The molecule has 0 spiro atoms. The Bertz CT molecular complexity index is 692. The molecule has 0 aromatic heterocycles. The number of ether oxygens (including phenoxy) is 2. The van der Waals surface area contributed by atoms with Gasteiger partial charge in [0, 0.05) is 0 Å². The Morgan fingerprint density at radius 3 is 2.12 bits per heavy atom. The molecule has 0 aliphatic heterocycles. The summed E-state index contributed by atoms with van der Waals surface area (Å²) in [5.41, 5.74) is 2.65. The fourth-order valence-corrected chi connectivity index (χ4v) is 2.64. The van der Waals surface area contributed by atoms with E-state index in [1.54, 1.807) is 19.1 Å². The summed E-state index contributed by atoms with van der Waals surface area (Å²) in [7, 11) is 1.36. The summed E-state index contributed by atoms with van der Waals surface area (Å²) in [6.45, 7) is 3.71. The molecule has 2 unspecified atom stereocenters. The normalized spacial score (nSPS) is 12.9. The van der Waals surface area contributed by atoms with E-state index in [9.17, 15) is 9.59 Å². The second-order valence-electron chi connectivity index (χ2n) is 6.04. The van der Waals surface area contributed by atoms with E-state index in [1.165, 1.54) is 7.11 Å².